The molecule has 1 aliphatic heterocycles. The molecule has 2 fully saturated rings. The van der Waals surface area contributed by atoms with Crippen LogP contribution in [-0.4, -0.2) is 47.4 Å². The molecule has 3 nitrogen and oxygen atoms in total. The van der Waals surface area contributed by atoms with Crippen molar-refractivity contribution >= 4 is 0 Å². The fourth-order valence-corrected chi connectivity index (χ4v) is 4.76. The van der Waals surface area contributed by atoms with E-state index in [0.29, 0.717) is 30.2 Å². The predicted octanol–water partition coefficient (Wildman–Crippen LogP) is 3.84. The average molecular weight is 312 g/mol. The Morgan fingerprint density at radius 2 is 1.77 bits per heavy atom. The van der Waals surface area contributed by atoms with Crippen LogP contribution in [0.1, 0.15) is 73.1 Å². The second-order valence-corrected chi connectivity index (χ2v) is 8.85. The second kappa shape index (κ2) is 7.63. The number of piperidine rings is 1. The molecule has 0 unspecified atom stereocenters. The Bertz CT molecular complexity index is 334. The molecule has 130 valence electrons. The summed E-state index contributed by atoms with van der Waals surface area (Å²) >= 11 is 0. The summed E-state index contributed by atoms with van der Waals surface area (Å²) in [5.74, 6) is 0.730. The molecule has 1 aliphatic carbocycles. The smallest absolute Gasteiger partial charge is 0.0900 e. The summed E-state index contributed by atoms with van der Waals surface area (Å²) in [7, 11) is 0. The maximum atomic E-state index is 10.4. The number of aliphatic hydroxyl groups is 1. The molecule has 1 saturated carbocycles. The van der Waals surface area contributed by atoms with Crippen LogP contribution in [0.5, 0.6) is 0 Å². The van der Waals surface area contributed by atoms with Gasteiger partial charge >= 0.3 is 0 Å². The number of likely N-dealkylation sites (tertiary alicyclic amines) is 1. The molecule has 0 aromatic rings. The number of β-amino-alcohol motifs (C(OH)–C–C–N with tert-alkyl or cyclic N) is 1. The maximum absolute atomic E-state index is 10.4. The summed E-state index contributed by atoms with van der Waals surface area (Å²) in [6.45, 7) is 12.8. The van der Waals surface area contributed by atoms with Crippen molar-refractivity contribution in [2.45, 2.75) is 97.4 Å². The largest absolute Gasteiger partial charge is 0.389 e. The van der Waals surface area contributed by atoms with Gasteiger partial charge in [0.05, 0.1) is 18.8 Å². The van der Waals surface area contributed by atoms with Crippen molar-refractivity contribution < 1.29 is 9.84 Å². The lowest BCUT2D eigenvalue weighted by atomic mass is 9.71. The monoisotopic (exact) mass is 311 g/mol. The highest BCUT2D eigenvalue weighted by molar-refractivity contribution is 4.84. The van der Waals surface area contributed by atoms with Gasteiger partial charge in [0.1, 0.15) is 0 Å². The minimum atomic E-state index is -0.358. The molecule has 3 heteroatoms. The van der Waals surface area contributed by atoms with E-state index in [4.69, 9.17) is 4.74 Å². The van der Waals surface area contributed by atoms with E-state index in [1.54, 1.807) is 0 Å². The highest BCUT2D eigenvalue weighted by atomic mass is 16.5. The normalized spacial score (nSPS) is 37.9. The molecule has 0 spiro atoms. The van der Waals surface area contributed by atoms with Crippen molar-refractivity contribution in [1.29, 1.82) is 0 Å². The van der Waals surface area contributed by atoms with Gasteiger partial charge < -0.3 is 9.84 Å². The summed E-state index contributed by atoms with van der Waals surface area (Å²) in [5, 5.41) is 10.4. The number of aliphatic hydroxyl groups excluding tert-OH is 1. The SMILES string of the molecule is C[C@@H]1C[C@H](OC[C@@H](O)CN2[C@H](C)CCC[C@@H]2C)CC(C)(C)C1. The third-order valence-electron chi connectivity index (χ3n) is 5.67. The van der Waals surface area contributed by atoms with Crippen LogP contribution >= 0.6 is 0 Å². The van der Waals surface area contributed by atoms with Crippen molar-refractivity contribution in [1.82, 2.24) is 4.90 Å². The van der Waals surface area contributed by atoms with E-state index >= 15 is 0 Å². The van der Waals surface area contributed by atoms with Crippen molar-refractivity contribution in [3.63, 3.8) is 0 Å². The molecule has 0 aromatic carbocycles. The third-order valence-corrected chi connectivity index (χ3v) is 5.67. The lowest BCUT2D eigenvalue weighted by molar-refractivity contribution is -0.0680. The first-order valence-electron chi connectivity index (χ1n) is 9.32. The Morgan fingerprint density at radius 1 is 1.14 bits per heavy atom. The van der Waals surface area contributed by atoms with Crippen molar-refractivity contribution in [2.75, 3.05) is 13.2 Å². The first-order valence-corrected chi connectivity index (χ1v) is 9.32. The fourth-order valence-electron chi connectivity index (χ4n) is 4.76. The molecule has 5 atom stereocenters. The van der Waals surface area contributed by atoms with E-state index in [1.807, 2.05) is 0 Å². The molecule has 0 aromatic heterocycles. The minimum absolute atomic E-state index is 0.324. The Balaban J connectivity index is 1.76. The molecule has 1 saturated heterocycles. The number of rotatable bonds is 5. The molecule has 2 aliphatic rings. The van der Waals surface area contributed by atoms with Crippen LogP contribution < -0.4 is 0 Å². The Hall–Kier alpha value is -0.120. The molecule has 0 amide bonds. The van der Waals surface area contributed by atoms with E-state index in [2.05, 4.69) is 39.5 Å². The van der Waals surface area contributed by atoms with Gasteiger partial charge in [0, 0.05) is 18.6 Å². The van der Waals surface area contributed by atoms with Gasteiger partial charge in [-0.15, -0.1) is 0 Å². The first-order chi connectivity index (χ1) is 10.3. The maximum Gasteiger partial charge on any atom is 0.0900 e. The number of hydrogen-bond donors (Lipinski definition) is 1. The topological polar surface area (TPSA) is 32.7 Å². The average Bonchev–Trinajstić information content (AvgIpc) is 2.38. The number of nitrogens with zero attached hydrogens (tertiary/aromatic N) is 1. The quantitative estimate of drug-likeness (QED) is 0.837. The van der Waals surface area contributed by atoms with Gasteiger partial charge in [0.2, 0.25) is 0 Å². The molecule has 0 radical (unpaired) electrons. The third kappa shape index (κ3) is 5.21. The first kappa shape index (κ1) is 18.2. The zero-order valence-corrected chi connectivity index (χ0v) is 15.3. The number of ether oxygens (including phenoxy) is 1. The molecule has 22 heavy (non-hydrogen) atoms. The fraction of sp³-hybridized carbons (Fsp3) is 1.00. The van der Waals surface area contributed by atoms with Crippen molar-refractivity contribution in [3.8, 4) is 0 Å². The van der Waals surface area contributed by atoms with Gasteiger partial charge in [-0.1, -0.05) is 27.2 Å². The Morgan fingerprint density at radius 3 is 2.36 bits per heavy atom. The molecule has 1 N–H and O–H groups in total. The van der Waals surface area contributed by atoms with Crippen LogP contribution in [0, 0.1) is 11.3 Å². The highest BCUT2D eigenvalue weighted by Crippen LogP contribution is 2.39. The summed E-state index contributed by atoms with van der Waals surface area (Å²) in [6, 6.07) is 1.18. The number of hydrogen-bond acceptors (Lipinski definition) is 3. The summed E-state index contributed by atoms with van der Waals surface area (Å²) in [4.78, 5) is 2.46. The second-order valence-electron chi connectivity index (χ2n) is 8.85. The Kier molecular flexibility index (Phi) is 6.32. The van der Waals surface area contributed by atoms with E-state index < -0.39 is 0 Å². The van der Waals surface area contributed by atoms with Gasteiger partial charge in [0.25, 0.3) is 0 Å². The van der Waals surface area contributed by atoms with Gasteiger partial charge in [-0.05, 0) is 57.3 Å². The van der Waals surface area contributed by atoms with Crippen LogP contribution in [0.3, 0.4) is 0 Å². The standard InChI is InChI=1S/C19H37NO2/c1-14-9-18(11-19(4,5)10-14)22-13-17(21)12-20-15(2)7-6-8-16(20)3/h14-18,21H,6-13H2,1-5H3/t14-,15-,16+,17+,18+/m1/s1. The highest BCUT2D eigenvalue weighted by Gasteiger charge is 2.33. The Labute approximate surface area is 137 Å². The summed E-state index contributed by atoms with van der Waals surface area (Å²) < 4.78 is 6.09. The minimum Gasteiger partial charge on any atom is -0.389 e. The molecule has 0 bridgehead atoms. The van der Waals surface area contributed by atoms with Crippen LogP contribution in [-0.2, 0) is 4.74 Å². The van der Waals surface area contributed by atoms with Crippen molar-refractivity contribution in [3.05, 3.63) is 0 Å². The van der Waals surface area contributed by atoms with Gasteiger partial charge in [-0.3, -0.25) is 4.90 Å². The van der Waals surface area contributed by atoms with E-state index in [-0.39, 0.29) is 6.10 Å². The lowest BCUT2D eigenvalue weighted by Gasteiger charge is -2.41. The molecular formula is C19H37NO2. The van der Waals surface area contributed by atoms with Crippen LogP contribution in [0.2, 0.25) is 0 Å². The van der Waals surface area contributed by atoms with Crippen LogP contribution in [0.25, 0.3) is 0 Å². The van der Waals surface area contributed by atoms with Crippen LogP contribution in [0.15, 0.2) is 0 Å². The summed E-state index contributed by atoms with van der Waals surface area (Å²) in [6.07, 6.45) is 7.36. The van der Waals surface area contributed by atoms with E-state index in [0.717, 1.165) is 25.3 Å². The van der Waals surface area contributed by atoms with Gasteiger partial charge in [-0.25, -0.2) is 0 Å². The molecule has 2 rings (SSSR count). The van der Waals surface area contributed by atoms with Crippen LogP contribution in [0.4, 0.5) is 0 Å². The van der Waals surface area contributed by atoms with Gasteiger partial charge in [-0.2, -0.15) is 0 Å². The zero-order valence-electron chi connectivity index (χ0n) is 15.3. The lowest BCUT2D eigenvalue weighted by Crippen LogP contribution is -2.48. The van der Waals surface area contributed by atoms with E-state index in [1.165, 1.54) is 25.7 Å². The van der Waals surface area contributed by atoms with Gasteiger partial charge in [0.15, 0.2) is 0 Å². The molecular weight excluding hydrogens is 274 g/mol. The van der Waals surface area contributed by atoms with E-state index in [9.17, 15) is 5.11 Å². The predicted molar refractivity (Wildman–Crippen MR) is 92.0 cm³/mol. The van der Waals surface area contributed by atoms with Crippen molar-refractivity contribution in [2.24, 2.45) is 11.3 Å². The molecule has 1 heterocycles. The summed E-state index contributed by atoms with van der Waals surface area (Å²) in [5.41, 5.74) is 0.378. The zero-order chi connectivity index (χ0) is 16.3.